The summed E-state index contributed by atoms with van der Waals surface area (Å²) < 4.78 is 0. The molecule has 1 amide bonds. The molecule has 3 aromatic rings. The number of rotatable bonds is 2. The van der Waals surface area contributed by atoms with Crippen molar-refractivity contribution in [2.45, 2.75) is 0 Å². The molecule has 4 nitrogen and oxygen atoms in total. The zero-order valence-electron chi connectivity index (χ0n) is 11.2. The van der Waals surface area contributed by atoms with Gasteiger partial charge in [0.15, 0.2) is 0 Å². The number of phenols is 1. The second kappa shape index (κ2) is 5.17. The molecule has 0 saturated carbocycles. The second-order valence-electron chi connectivity index (χ2n) is 4.76. The van der Waals surface area contributed by atoms with Crippen LogP contribution in [0.1, 0.15) is 10.4 Å². The number of hydrogen-bond acceptors (Lipinski definition) is 3. The zero-order chi connectivity index (χ0) is 14.8. The van der Waals surface area contributed by atoms with Crippen LogP contribution in [0.3, 0.4) is 0 Å². The molecule has 0 aliphatic heterocycles. The third kappa shape index (κ3) is 2.51. The molecule has 3 aromatic carbocycles. The molecule has 0 aromatic heterocycles. The van der Waals surface area contributed by atoms with E-state index in [-0.39, 0.29) is 11.3 Å². The van der Waals surface area contributed by atoms with E-state index in [9.17, 15) is 9.90 Å². The van der Waals surface area contributed by atoms with Gasteiger partial charge < -0.3 is 16.2 Å². The van der Waals surface area contributed by atoms with Gasteiger partial charge in [-0.15, -0.1) is 0 Å². The minimum Gasteiger partial charge on any atom is -0.507 e. The van der Waals surface area contributed by atoms with Crippen LogP contribution < -0.4 is 11.1 Å². The normalized spacial score (nSPS) is 10.5. The van der Waals surface area contributed by atoms with Crippen molar-refractivity contribution >= 4 is 28.1 Å². The zero-order valence-corrected chi connectivity index (χ0v) is 11.2. The summed E-state index contributed by atoms with van der Waals surface area (Å²) >= 11 is 0. The third-order valence-electron chi connectivity index (χ3n) is 3.30. The van der Waals surface area contributed by atoms with E-state index in [1.54, 1.807) is 6.07 Å². The standard InChI is InChI=1S/C17H14N2O2/c18-12-8-9-16(20)14(10-12)17(21)19-15-7-3-5-11-4-1-2-6-13(11)15/h1-10,20H,18H2,(H,19,21). The second-order valence-corrected chi connectivity index (χ2v) is 4.76. The summed E-state index contributed by atoms with van der Waals surface area (Å²) in [5.74, 6) is -0.488. The number of nitrogens with one attached hydrogen (secondary N) is 1. The van der Waals surface area contributed by atoms with Crippen molar-refractivity contribution in [3.05, 3.63) is 66.2 Å². The topological polar surface area (TPSA) is 75.3 Å². The Bertz CT molecular complexity index is 823. The molecule has 0 aliphatic carbocycles. The Morgan fingerprint density at radius 2 is 1.76 bits per heavy atom. The first-order chi connectivity index (χ1) is 10.1. The fourth-order valence-corrected chi connectivity index (χ4v) is 2.26. The maximum Gasteiger partial charge on any atom is 0.259 e. The molecule has 4 N–H and O–H groups in total. The highest BCUT2D eigenvalue weighted by molar-refractivity contribution is 6.10. The van der Waals surface area contributed by atoms with E-state index in [0.29, 0.717) is 11.4 Å². The van der Waals surface area contributed by atoms with E-state index in [0.717, 1.165) is 10.8 Å². The van der Waals surface area contributed by atoms with Crippen molar-refractivity contribution in [2.75, 3.05) is 11.1 Å². The van der Waals surface area contributed by atoms with Crippen LogP contribution in [-0.4, -0.2) is 11.0 Å². The Kier molecular flexibility index (Phi) is 3.20. The molecule has 4 heteroatoms. The fourth-order valence-electron chi connectivity index (χ4n) is 2.26. The lowest BCUT2D eigenvalue weighted by molar-refractivity contribution is 0.102. The number of nitrogen functional groups attached to an aromatic ring is 1. The van der Waals surface area contributed by atoms with Crippen molar-refractivity contribution < 1.29 is 9.90 Å². The number of benzene rings is 3. The summed E-state index contributed by atoms with van der Waals surface area (Å²) in [5, 5.41) is 14.6. The minimum atomic E-state index is -0.392. The summed E-state index contributed by atoms with van der Waals surface area (Å²) in [6.07, 6.45) is 0. The molecule has 21 heavy (non-hydrogen) atoms. The number of aromatic hydroxyl groups is 1. The first-order valence-electron chi connectivity index (χ1n) is 6.53. The molecule has 0 bridgehead atoms. The summed E-state index contributed by atoms with van der Waals surface area (Å²) in [6, 6.07) is 17.8. The molecule has 0 fully saturated rings. The molecule has 104 valence electrons. The Hall–Kier alpha value is -3.01. The highest BCUT2D eigenvalue weighted by Gasteiger charge is 2.12. The van der Waals surface area contributed by atoms with Gasteiger partial charge in [-0.05, 0) is 29.7 Å². The summed E-state index contributed by atoms with van der Waals surface area (Å²) in [5.41, 5.74) is 6.93. The average molecular weight is 278 g/mol. The third-order valence-corrected chi connectivity index (χ3v) is 3.30. The quantitative estimate of drug-likeness (QED) is 0.497. The van der Waals surface area contributed by atoms with Crippen molar-refractivity contribution in [3.63, 3.8) is 0 Å². The van der Waals surface area contributed by atoms with Gasteiger partial charge >= 0.3 is 0 Å². The van der Waals surface area contributed by atoms with Gasteiger partial charge in [-0.3, -0.25) is 4.79 Å². The molecule has 0 aliphatic rings. The smallest absolute Gasteiger partial charge is 0.259 e. The Labute approximate surface area is 121 Å². The van der Waals surface area contributed by atoms with E-state index < -0.39 is 5.91 Å². The molecule has 0 saturated heterocycles. The number of fused-ring (bicyclic) bond motifs is 1. The van der Waals surface area contributed by atoms with Crippen LogP contribution in [0.15, 0.2) is 60.7 Å². The van der Waals surface area contributed by atoms with Crippen molar-refractivity contribution in [1.29, 1.82) is 0 Å². The van der Waals surface area contributed by atoms with Crippen LogP contribution in [0.25, 0.3) is 10.8 Å². The number of carbonyl (C=O) groups excluding carboxylic acids is 1. The molecule has 0 atom stereocenters. The van der Waals surface area contributed by atoms with Gasteiger partial charge in [0.1, 0.15) is 5.75 Å². The lowest BCUT2D eigenvalue weighted by atomic mass is 10.1. The number of hydrogen-bond donors (Lipinski definition) is 3. The van der Waals surface area contributed by atoms with E-state index in [2.05, 4.69) is 5.32 Å². The maximum atomic E-state index is 12.3. The summed E-state index contributed by atoms with van der Waals surface area (Å²) in [6.45, 7) is 0. The van der Waals surface area contributed by atoms with Gasteiger partial charge in [0, 0.05) is 16.8 Å². The molecule has 0 heterocycles. The Balaban J connectivity index is 1.99. The molecular formula is C17H14N2O2. The van der Waals surface area contributed by atoms with Gasteiger partial charge in [0.05, 0.1) is 5.56 Å². The molecule has 0 spiro atoms. The highest BCUT2D eigenvalue weighted by Crippen LogP contribution is 2.25. The van der Waals surface area contributed by atoms with Gasteiger partial charge in [-0.2, -0.15) is 0 Å². The van der Waals surface area contributed by atoms with Crippen LogP contribution in [0, 0.1) is 0 Å². The van der Waals surface area contributed by atoms with Crippen molar-refractivity contribution in [2.24, 2.45) is 0 Å². The first-order valence-corrected chi connectivity index (χ1v) is 6.53. The molecular weight excluding hydrogens is 264 g/mol. The predicted octanol–water partition coefficient (Wildman–Crippen LogP) is 3.38. The van der Waals surface area contributed by atoms with E-state index >= 15 is 0 Å². The van der Waals surface area contributed by atoms with Crippen molar-refractivity contribution in [3.8, 4) is 5.75 Å². The van der Waals surface area contributed by atoms with Gasteiger partial charge in [-0.25, -0.2) is 0 Å². The summed E-state index contributed by atoms with van der Waals surface area (Å²) in [4.78, 5) is 12.3. The monoisotopic (exact) mass is 278 g/mol. The van der Waals surface area contributed by atoms with Crippen molar-refractivity contribution in [1.82, 2.24) is 0 Å². The maximum absolute atomic E-state index is 12.3. The van der Waals surface area contributed by atoms with Crippen LogP contribution in [-0.2, 0) is 0 Å². The first kappa shape index (κ1) is 13.0. The van der Waals surface area contributed by atoms with Crippen LogP contribution in [0.5, 0.6) is 5.75 Å². The highest BCUT2D eigenvalue weighted by atomic mass is 16.3. The number of anilines is 2. The van der Waals surface area contributed by atoms with E-state index in [4.69, 9.17) is 5.73 Å². The lowest BCUT2D eigenvalue weighted by Gasteiger charge is -2.10. The van der Waals surface area contributed by atoms with E-state index in [1.807, 2.05) is 42.5 Å². The minimum absolute atomic E-state index is 0.0954. The van der Waals surface area contributed by atoms with Crippen LogP contribution >= 0.6 is 0 Å². The number of amides is 1. The molecule has 3 rings (SSSR count). The summed E-state index contributed by atoms with van der Waals surface area (Å²) in [7, 11) is 0. The fraction of sp³-hybridized carbons (Fsp3) is 0. The SMILES string of the molecule is Nc1ccc(O)c(C(=O)Nc2cccc3ccccc23)c1. The molecule has 0 unspecified atom stereocenters. The Morgan fingerprint density at radius 3 is 2.62 bits per heavy atom. The van der Waals surface area contributed by atoms with Crippen LogP contribution in [0.2, 0.25) is 0 Å². The average Bonchev–Trinajstić information content (AvgIpc) is 2.50. The molecule has 0 radical (unpaired) electrons. The van der Waals surface area contributed by atoms with E-state index in [1.165, 1.54) is 12.1 Å². The van der Waals surface area contributed by atoms with Gasteiger partial charge in [0.2, 0.25) is 0 Å². The number of nitrogens with two attached hydrogens (primary N) is 1. The van der Waals surface area contributed by atoms with Gasteiger partial charge in [0.25, 0.3) is 5.91 Å². The largest absolute Gasteiger partial charge is 0.507 e. The Morgan fingerprint density at radius 1 is 1.00 bits per heavy atom. The number of carbonyl (C=O) groups is 1. The van der Waals surface area contributed by atoms with Crippen LogP contribution in [0.4, 0.5) is 11.4 Å². The van der Waals surface area contributed by atoms with Gasteiger partial charge in [-0.1, -0.05) is 36.4 Å². The lowest BCUT2D eigenvalue weighted by Crippen LogP contribution is -2.12. The number of phenolic OH excluding ortho intramolecular Hbond substituents is 1. The predicted molar refractivity (Wildman–Crippen MR) is 84.4 cm³/mol.